The van der Waals surface area contributed by atoms with Gasteiger partial charge in [0.25, 0.3) is 0 Å². The third-order valence-electron chi connectivity index (χ3n) is 5.07. The van der Waals surface area contributed by atoms with E-state index in [2.05, 4.69) is 5.10 Å². The van der Waals surface area contributed by atoms with Crippen molar-refractivity contribution in [2.45, 2.75) is 45.1 Å². The van der Waals surface area contributed by atoms with Crippen molar-refractivity contribution in [3.63, 3.8) is 0 Å². The minimum absolute atomic E-state index is 0.0529. The summed E-state index contributed by atoms with van der Waals surface area (Å²) in [6.45, 7) is 5.07. The molecule has 1 fully saturated rings. The Balaban J connectivity index is 2.08. The number of hydrogen-bond donors (Lipinski definition) is 1. The van der Waals surface area contributed by atoms with E-state index in [0.717, 1.165) is 29.8 Å². The van der Waals surface area contributed by atoms with Gasteiger partial charge in [0.15, 0.2) is 0 Å². The fraction of sp³-hybridized carbons (Fsp3) is 0.611. The molecule has 2 heterocycles. The highest BCUT2D eigenvalue weighted by molar-refractivity contribution is 5.92. The lowest BCUT2D eigenvalue weighted by molar-refractivity contribution is -0.136. The Morgan fingerprint density at radius 2 is 2.12 bits per heavy atom. The van der Waals surface area contributed by atoms with Gasteiger partial charge in [0.1, 0.15) is 0 Å². The topological polar surface area (TPSA) is 90.4 Å². The molecular weight excluding hydrogens is 320 g/mol. The number of rotatable bonds is 6. The first-order valence-corrected chi connectivity index (χ1v) is 8.58. The smallest absolute Gasteiger partial charge is 0.246 e. The molecule has 0 bridgehead atoms. The van der Waals surface area contributed by atoms with Gasteiger partial charge in [0.2, 0.25) is 11.8 Å². The van der Waals surface area contributed by atoms with E-state index in [1.807, 2.05) is 27.0 Å². The number of amides is 2. The molecule has 7 heteroatoms. The number of carbonyl (C=O) groups excluding carboxylic acids is 2. The summed E-state index contributed by atoms with van der Waals surface area (Å²) in [5.74, 6) is -0.398. The summed E-state index contributed by atoms with van der Waals surface area (Å²) in [7, 11) is 3.52. The van der Waals surface area contributed by atoms with E-state index in [1.54, 1.807) is 22.8 Å². The molecule has 1 aromatic rings. The number of aryl methyl sites for hydroxylation is 2. The average molecular weight is 348 g/mol. The lowest BCUT2D eigenvalue weighted by Gasteiger charge is -2.41. The van der Waals surface area contributed by atoms with Crippen molar-refractivity contribution in [2.24, 2.45) is 12.8 Å². The lowest BCUT2D eigenvalue weighted by atomic mass is 9.87. The average Bonchev–Trinajstić information content (AvgIpc) is 2.83. The summed E-state index contributed by atoms with van der Waals surface area (Å²) >= 11 is 0. The number of nitrogens with zero attached hydrogens (tertiary/aromatic N) is 3. The van der Waals surface area contributed by atoms with Gasteiger partial charge in [0.05, 0.1) is 11.3 Å². The van der Waals surface area contributed by atoms with E-state index in [9.17, 15) is 9.59 Å². The molecule has 2 amide bonds. The second kappa shape index (κ2) is 7.82. The summed E-state index contributed by atoms with van der Waals surface area (Å²) in [5, 5.41) is 4.35. The molecule has 0 aliphatic carbocycles. The summed E-state index contributed by atoms with van der Waals surface area (Å²) in [4.78, 5) is 25.5. The number of primary amides is 1. The van der Waals surface area contributed by atoms with E-state index in [0.29, 0.717) is 19.5 Å². The van der Waals surface area contributed by atoms with Crippen LogP contribution >= 0.6 is 0 Å². The van der Waals surface area contributed by atoms with Crippen LogP contribution in [0.1, 0.15) is 42.6 Å². The number of piperidine rings is 1. The van der Waals surface area contributed by atoms with E-state index in [-0.39, 0.29) is 18.2 Å². The zero-order valence-electron chi connectivity index (χ0n) is 15.5. The molecular formula is C18H28N4O3. The normalized spacial score (nSPS) is 21.0. The monoisotopic (exact) mass is 348 g/mol. The van der Waals surface area contributed by atoms with Gasteiger partial charge in [0, 0.05) is 51.0 Å². The minimum atomic E-state index is -0.489. The van der Waals surface area contributed by atoms with Crippen molar-refractivity contribution >= 4 is 17.9 Å². The summed E-state index contributed by atoms with van der Waals surface area (Å²) < 4.78 is 7.48. The quantitative estimate of drug-likeness (QED) is 0.785. The van der Waals surface area contributed by atoms with Crippen LogP contribution in [0.4, 0.5) is 0 Å². The molecule has 0 saturated carbocycles. The summed E-state index contributed by atoms with van der Waals surface area (Å²) in [5.41, 5.74) is 7.67. The standard InChI is InChI=1S/C18H28N4O3/c1-13-15(14(2)21(3)20-13)6-7-17(24)22-11-5-9-18(12-22,25-4)10-8-16(19)23/h6-7H,5,8-12H2,1-4H3,(H2,19,23)/b7-6+. The molecule has 25 heavy (non-hydrogen) atoms. The van der Waals surface area contributed by atoms with Crippen LogP contribution in [-0.2, 0) is 21.4 Å². The maximum absolute atomic E-state index is 12.6. The predicted octanol–water partition coefficient (Wildman–Crippen LogP) is 1.32. The summed E-state index contributed by atoms with van der Waals surface area (Å²) in [6.07, 6.45) is 5.89. The van der Waals surface area contributed by atoms with Gasteiger partial charge in [-0.2, -0.15) is 5.10 Å². The third kappa shape index (κ3) is 4.48. The van der Waals surface area contributed by atoms with E-state index < -0.39 is 5.60 Å². The van der Waals surface area contributed by atoms with Crippen LogP contribution in [0, 0.1) is 13.8 Å². The van der Waals surface area contributed by atoms with Gasteiger partial charge in [-0.05, 0) is 39.2 Å². The summed E-state index contributed by atoms with van der Waals surface area (Å²) in [6, 6.07) is 0. The van der Waals surface area contributed by atoms with Crippen molar-refractivity contribution < 1.29 is 14.3 Å². The number of hydrogen-bond acceptors (Lipinski definition) is 4. The van der Waals surface area contributed by atoms with E-state index in [4.69, 9.17) is 10.5 Å². The number of likely N-dealkylation sites (tertiary alicyclic amines) is 1. The van der Waals surface area contributed by atoms with Crippen LogP contribution in [-0.4, -0.2) is 52.3 Å². The fourth-order valence-corrected chi connectivity index (χ4v) is 3.40. The molecule has 2 N–H and O–H groups in total. The van der Waals surface area contributed by atoms with Crippen molar-refractivity contribution in [3.05, 3.63) is 23.0 Å². The Bertz CT molecular complexity index is 680. The van der Waals surface area contributed by atoms with Gasteiger partial charge >= 0.3 is 0 Å². The molecule has 1 saturated heterocycles. The number of carbonyl (C=O) groups is 2. The van der Waals surface area contributed by atoms with Crippen LogP contribution in [0.3, 0.4) is 0 Å². The van der Waals surface area contributed by atoms with Crippen LogP contribution < -0.4 is 5.73 Å². The first-order valence-electron chi connectivity index (χ1n) is 8.58. The molecule has 1 aromatic heterocycles. The fourth-order valence-electron chi connectivity index (χ4n) is 3.40. The number of methoxy groups -OCH3 is 1. The molecule has 2 rings (SSSR count). The Kier molecular flexibility index (Phi) is 6.00. The SMILES string of the molecule is COC1(CCC(N)=O)CCCN(C(=O)/C=C/c2c(C)nn(C)c2C)C1. The highest BCUT2D eigenvalue weighted by Crippen LogP contribution is 2.29. The largest absolute Gasteiger partial charge is 0.376 e. The van der Waals surface area contributed by atoms with E-state index in [1.165, 1.54) is 0 Å². The van der Waals surface area contributed by atoms with Crippen molar-refractivity contribution in [2.75, 3.05) is 20.2 Å². The molecule has 1 atom stereocenters. The Morgan fingerprint density at radius 3 is 2.68 bits per heavy atom. The number of aromatic nitrogens is 2. The van der Waals surface area contributed by atoms with Gasteiger partial charge in [-0.3, -0.25) is 14.3 Å². The maximum atomic E-state index is 12.6. The predicted molar refractivity (Wildman–Crippen MR) is 95.7 cm³/mol. The molecule has 0 spiro atoms. The van der Waals surface area contributed by atoms with E-state index >= 15 is 0 Å². The Hall–Kier alpha value is -2.15. The van der Waals surface area contributed by atoms with Crippen LogP contribution in [0.5, 0.6) is 0 Å². The second-order valence-electron chi connectivity index (χ2n) is 6.76. The zero-order valence-corrected chi connectivity index (χ0v) is 15.5. The van der Waals surface area contributed by atoms with Crippen LogP contribution in [0.15, 0.2) is 6.08 Å². The maximum Gasteiger partial charge on any atom is 0.246 e. The van der Waals surface area contributed by atoms with Crippen molar-refractivity contribution in [1.29, 1.82) is 0 Å². The van der Waals surface area contributed by atoms with Crippen molar-refractivity contribution in [1.82, 2.24) is 14.7 Å². The molecule has 1 aliphatic rings. The van der Waals surface area contributed by atoms with Gasteiger partial charge < -0.3 is 15.4 Å². The molecule has 0 aromatic carbocycles. The molecule has 1 unspecified atom stereocenters. The molecule has 7 nitrogen and oxygen atoms in total. The minimum Gasteiger partial charge on any atom is -0.376 e. The van der Waals surface area contributed by atoms with Gasteiger partial charge in [-0.25, -0.2) is 0 Å². The van der Waals surface area contributed by atoms with Crippen molar-refractivity contribution in [3.8, 4) is 0 Å². The first-order chi connectivity index (χ1) is 11.8. The number of nitrogens with two attached hydrogens (primary N) is 1. The highest BCUT2D eigenvalue weighted by Gasteiger charge is 2.36. The van der Waals surface area contributed by atoms with Crippen LogP contribution in [0.2, 0.25) is 0 Å². The molecule has 0 radical (unpaired) electrons. The Labute approximate surface area is 148 Å². The number of ether oxygens (including phenoxy) is 1. The lowest BCUT2D eigenvalue weighted by Crippen LogP contribution is -2.51. The first kappa shape index (κ1) is 19.2. The highest BCUT2D eigenvalue weighted by atomic mass is 16.5. The second-order valence-corrected chi connectivity index (χ2v) is 6.76. The van der Waals surface area contributed by atoms with Gasteiger partial charge in [-0.15, -0.1) is 0 Å². The van der Waals surface area contributed by atoms with Crippen LogP contribution in [0.25, 0.3) is 6.08 Å². The molecule has 138 valence electrons. The molecule has 1 aliphatic heterocycles. The third-order valence-corrected chi connectivity index (χ3v) is 5.07. The Morgan fingerprint density at radius 1 is 1.40 bits per heavy atom. The zero-order chi connectivity index (χ0) is 18.6. The van der Waals surface area contributed by atoms with Gasteiger partial charge in [-0.1, -0.05) is 0 Å².